The summed E-state index contributed by atoms with van der Waals surface area (Å²) in [7, 11) is 0. The van der Waals surface area contributed by atoms with Gasteiger partial charge in [-0.15, -0.1) is 24.8 Å². The van der Waals surface area contributed by atoms with Gasteiger partial charge in [0.05, 0.1) is 12.5 Å². The summed E-state index contributed by atoms with van der Waals surface area (Å²) in [5, 5.41) is 12.5. The van der Waals surface area contributed by atoms with Crippen LogP contribution < -0.4 is 5.32 Å². The van der Waals surface area contributed by atoms with Crippen LogP contribution in [-0.2, 0) is 5.41 Å². The maximum atomic E-state index is 9.12. The monoisotopic (exact) mass is 343 g/mol. The second-order valence-electron chi connectivity index (χ2n) is 6.54. The van der Waals surface area contributed by atoms with E-state index in [-0.39, 0.29) is 36.3 Å². The Morgan fingerprint density at radius 2 is 1.68 bits per heavy atom. The highest BCUT2D eigenvalue weighted by molar-refractivity contribution is 5.85. The Morgan fingerprint density at radius 3 is 2.14 bits per heavy atom. The van der Waals surface area contributed by atoms with Gasteiger partial charge in [-0.05, 0) is 16.5 Å². The minimum Gasteiger partial charge on any atom is -0.314 e. The minimum absolute atomic E-state index is 0. The molecule has 0 spiro atoms. The Labute approximate surface area is 146 Å². The zero-order valence-corrected chi connectivity index (χ0v) is 15.3. The molecular formula is C17H27Cl2N3. The minimum atomic E-state index is 0. The van der Waals surface area contributed by atoms with E-state index in [1.807, 2.05) is 0 Å². The van der Waals surface area contributed by atoms with Gasteiger partial charge < -0.3 is 5.32 Å². The van der Waals surface area contributed by atoms with Crippen molar-refractivity contribution in [1.82, 2.24) is 10.2 Å². The first kappa shape index (κ1) is 21.2. The molecule has 0 saturated carbocycles. The van der Waals surface area contributed by atoms with Crippen LogP contribution in [0.1, 0.15) is 44.4 Å². The van der Waals surface area contributed by atoms with Crippen LogP contribution in [0.5, 0.6) is 0 Å². The number of nitrogens with one attached hydrogen (secondary N) is 1. The molecule has 1 fully saturated rings. The van der Waals surface area contributed by atoms with E-state index >= 15 is 0 Å². The van der Waals surface area contributed by atoms with Crippen LogP contribution in [0.3, 0.4) is 0 Å². The molecule has 0 unspecified atom stereocenters. The molecule has 1 atom stereocenters. The molecule has 0 aliphatic carbocycles. The van der Waals surface area contributed by atoms with Crippen molar-refractivity contribution in [2.24, 2.45) is 0 Å². The lowest BCUT2D eigenvalue weighted by atomic mass is 9.86. The fraction of sp³-hybridized carbons (Fsp3) is 0.588. The number of hydrogen-bond donors (Lipinski definition) is 1. The lowest BCUT2D eigenvalue weighted by Gasteiger charge is -2.34. The molecule has 1 aliphatic heterocycles. The van der Waals surface area contributed by atoms with E-state index in [0.29, 0.717) is 6.42 Å². The van der Waals surface area contributed by atoms with E-state index in [2.05, 4.69) is 61.3 Å². The smallest absolute Gasteiger partial charge is 0.0641 e. The van der Waals surface area contributed by atoms with Gasteiger partial charge in [-0.3, -0.25) is 4.90 Å². The van der Waals surface area contributed by atoms with Gasteiger partial charge in [0, 0.05) is 32.2 Å². The van der Waals surface area contributed by atoms with Crippen molar-refractivity contribution in [2.75, 3.05) is 26.2 Å². The van der Waals surface area contributed by atoms with Gasteiger partial charge in [0.2, 0.25) is 0 Å². The Kier molecular flexibility index (Phi) is 9.04. The lowest BCUT2D eigenvalue weighted by Crippen LogP contribution is -2.45. The molecule has 3 nitrogen and oxygen atoms in total. The number of rotatable bonds is 3. The number of benzene rings is 1. The summed E-state index contributed by atoms with van der Waals surface area (Å²) in [6, 6.07) is 11.4. The van der Waals surface area contributed by atoms with Crippen LogP contribution in [0.15, 0.2) is 24.3 Å². The van der Waals surface area contributed by atoms with Crippen molar-refractivity contribution in [1.29, 1.82) is 5.26 Å². The summed E-state index contributed by atoms with van der Waals surface area (Å²) in [5.41, 5.74) is 2.79. The van der Waals surface area contributed by atoms with E-state index in [0.717, 1.165) is 26.2 Å². The first-order valence-corrected chi connectivity index (χ1v) is 7.44. The van der Waals surface area contributed by atoms with Crippen LogP contribution in [0.2, 0.25) is 0 Å². The van der Waals surface area contributed by atoms with E-state index in [1.165, 1.54) is 11.1 Å². The third-order valence-electron chi connectivity index (χ3n) is 4.04. The average Bonchev–Trinajstić information content (AvgIpc) is 2.45. The van der Waals surface area contributed by atoms with Crippen molar-refractivity contribution in [2.45, 2.75) is 38.6 Å². The fourth-order valence-corrected chi connectivity index (χ4v) is 2.74. The molecule has 0 amide bonds. The zero-order valence-electron chi connectivity index (χ0n) is 13.6. The Hall–Kier alpha value is -0.790. The largest absolute Gasteiger partial charge is 0.314 e. The number of nitrogens with zero attached hydrogens (tertiary/aromatic N) is 2. The van der Waals surface area contributed by atoms with E-state index in [4.69, 9.17) is 5.26 Å². The van der Waals surface area contributed by atoms with Crippen molar-refractivity contribution < 1.29 is 0 Å². The molecule has 1 aromatic carbocycles. The molecule has 1 N–H and O–H groups in total. The number of halogens is 2. The lowest BCUT2D eigenvalue weighted by molar-refractivity contribution is 0.175. The van der Waals surface area contributed by atoms with E-state index in [1.54, 1.807) is 0 Å². The zero-order chi connectivity index (χ0) is 14.6. The molecule has 0 bridgehead atoms. The van der Waals surface area contributed by atoms with Crippen molar-refractivity contribution in [3.8, 4) is 6.07 Å². The quantitative estimate of drug-likeness (QED) is 0.909. The number of hydrogen-bond acceptors (Lipinski definition) is 3. The fourth-order valence-electron chi connectivity index (χ4n) is 2.74. The van der Waals surface area contributed by atoms with Crippen LogP contribution in [-0.4, -0.2) is 31.1 Å². The molecule has 5 heteroatoms. The summed E-state index contributed by atoms with van der Waals surface area (Å²) < 4.78 is 0. The SMILES string of the molecule is CC(C)(C)c1ccc([C@@H](CC#N)N2CCNCC2)cc1.Cl.Cl. The summed E-state index contributed by atoms with van der Waals surface area (Å²) in [6.07, 6.45) is 0.564. The number of piperazine rings is 1. The Morgan fingerprint density at radius 1 is 1.14 bits per heavy atom. The second-order valence-corrected chi connectivity index (χ2v) is 6.54. The highest BCUT2D eigenvalue weighted by Gasteiger charge is 2.22. The van der Waals surface area contributed by atoms with Gasteiger partial charge in [-0.1, -0.05) is 45.0 Å². The predicted molar refractivity (Wildman–Crippen MR) is 97.1 cm³/mol. The van der Waals surface area contributed by atoms with Crippen LogP contribution >= 0.6 is 24.8 Å². The summed E-state index contributed by atoms with van der Waals surface area (Å²) >= 11 is 0. The Balaban J connectivity index is 0.00000220. The highest BCUT2D eigenvalue weighted by atomic mass is 35.5. The average molecular weight is 344 g/mol. The maximum Gasteiger partial charge on any atom is 0.0641 e. The normalized spacial score (nSPS) is 16.8. The van der Waals surface area contributed by atoms with Gasteiger partial charge in [-0.2, -0.15) is 5.26 Å². The van der Waals surface area contributed by atoms with Crippen molar-refractivity contribution in [3.63, 3.8) is 0 Å². The molecule has 1 heterocycles. The molecule has 1 aromatic rings. The van der Waals surface area contributed by atoms with Gasteiger partial charge >= 0.3 is 0 Å². The molecule has 1 saturated heterocycles. The van der Waals surface area contributed by atoms with Gasteiger partial charge in [0.25, 0.3) is 0 Å². The maximum absolute atomic E-state index is 9.12. The van der Waals surface area contributed by atoms with Gasteiger partial charge in [0.15, 0.2) is 0 Å². The number of nitriles is 1. The molecular weight excluding hydrogens is 317 g/mol. The van der Waals surface area contributed by atoms with Gasteiger partial charge in [-0.25, -0.2) is 0 Å². The van der Waals surface area contributed by atoms with Crippen LogP contribution in [0.25, 0.3) is 0 Å². The second kappa shape index (κ2) is 9.37. The van der Waals surface area contributed by atoms with Crippen molar-refractivity contribution in [3.05, 3.63) is 35.4 Å². The third kappa shape index (κ3) is 5.44. The molecule has 1 aliphatic rings. The molecule has 124 valence electrons. The Bertz CT molecular complexity index is 468. The van der Waals surface area contributed by atoms with Gasteiger partial charge in [0.1, 0.15) is 0 Å². The van der Waals surface area contributed by atoms with Crippen molar-refractivity contribution >= 4 is 24.8 Å². The molecule has 22 heavy (non-hydrogen) atoms. The summed E-state index contributed by atoms with van der Waals surface area (Å²) in [4.78, 5) is 2.42. The summed E-state index contributed by atoms with van der Waals surface area (Å²) in [6.45, 7) is 10.8. The van der Waals surface area contributed by atoms with E-state index in [9.17, 15) is 0 Å². The molecule has 0 radical (unpaired) electrons. The van der Waals surface area contributed by atoms with Crippen LogP contribution in [0.4, 0.5) is 0 Å². The standard InChI is InChI=1S/C17H25N3.2ClH/c1-17(2,3)15-6-4-14(5-7-15)16(8-9-18)20-12-10-19-11-13-20;;/h4-7,16,19H,8,10-13H2,1-3H3;2*1H/t16-;;/m1../s1. The van der Waals surface area contributed by atoms with E-state index < -0.39 is 0 Å². The highest BCUT2D eigenvalue weighted by Crippen LogP contribution is 2.28. The summed E-state index contributed by atoms with van der Waals surface area (Å²) in [5.74, 6) is 0. The molecule has 0 aromatic heterocycles. The third-order valence-corrected chi connectivity index (χ3v) is 4.04. The predicted octanol–water partition coefficient (Wildman–Crippen LogP) is 3.69. The molecule has 2 rings (SSSR count). The topological polar surface area (TPSA) is 39.1 Å². The first-order chi connectivity index (χ1) is 9.52. The van der Waals surface area contributed by atoms with Crippen LogP contribution in [0, 0.1) is 11.3 Å². The first-order valence-electron chi connectivity index (χ1n) is 7.44.